The fourth-order valence-corrected chi connectivity index (χ4v) is 11.3. The fourth-order valence-electron chi connectivity index (χ4n) is 8.76. The van der Waals surface area contributed by atoms with Crippen molar-refractivity contribution in [2.75, 3.05) is 0 Å². The third-order valence-electron chi connectivity index (χ3n) is 12.5. The van der Waals surface area contributed by atoms with Gasteiger partial charge in [0.1, 0.15) is 11.3 Å². The van der Waals surface area contributed by atoms with Crippen LogP contribution in [-0.2, 0) is 5.41 Å². The number of aromatic nitrogens is 4. The topological polar surface area (TPSA) is 64.7 Å². The van der Waals surface area contributed by atoms with E-state index in [1.54, 1.807) is 0 Å². The lowest BCUT2D eigenvalue weighted by atomic mass is 9.81. The zero-order chi connectivity index (χ0) is 43.0. The van der Waals surface area contributed by atoms with Gasteiger partial charge in [-0.3, -0.25) is 4.98 Å². The summed E-state index contributed by atoms with van der Waals surface area (Å²) in [6, 6.07) is 52.1. The van der Waals surface area contributed by atoms with Gasteiger partial charge in [-0.15, -0.1) is 0 Å². The average Bonchev–Trinajstić information content (AvgIpc) is 3.82. The average molecular weight is 839 g/mol. The van der Waals surface area contributed by atoms with Crippen LogP contribution in [0.25, 0.3) is 89.8 Å². The number of rotatable bonds is 8. The van der Waals surface area contributed by atoms with Gasteiger partial charge in [0.2, 0.25) is 0 Å². The molecule has 1 aliphatic carbocycles. The summed E-state index contributed by atoms with van der Waals surface area (Å²) in [6.07, 6.45) is 3.79. The maximum absolute atomic E-state index is 6.24. The molecule has 0 N–H and O–H groups in total. The largest absolute Gasteiger partial charge is 0.456 e. The quantitative estimate of drug-likeness (QED) is 0.143. The number of para-hydroxylation sites is 1. The van der Waals surface area contributed by atoms with Crippen LogP contribution in [0.2, 0.25) is 39.3 Å². The van der Waals surface area contributed by atoms with Gasteiger partial charge in [0.05, 0.1) is 16.1 Å². The second kappa shape index (κ2) is 14.8. The van der Waals surface area contributed by atoms with Gasteiger partial charge in [0.25, 0.3) is 0 Å². The molecule has 1 aliphatic rings. The SMILES string of the molecule is CC1(C)c2cc(-c3cncc(-c4nc(-c5ccccc5)nc(-c5cccc(-c6cc7ccccc7o6)c5)n4)c3)ccc2-c2ccc(-c3cc([Si](C)(C)C)cc([Si](C)(C)C)c3)cc21. The lowest BCUT2D eigenvalue weighted by Gasteiger charge is -2.25. The van der Waals surface area contributed by atoms with Crippen LogP contribution in [0.4, 0.5) is 0 Å². The minimum atomic E-state index is -1.53. The van der Waals surface area contributed by atoms with Gasteiger partial charge in [-0.25, -0.2) is 15.0 Å². The van der Waals surface area contributed by atoms with Gasteiger partial charge in [-0.1, -0.05) is 173 Å². The highest BCUT2D eigenvalue weighted by Gasteiger charge is 2.36. The molecular weight excluding hydrogens is 789 g/mol. The molecule has 5 nitrogen and oxygen atoms in total. The normalized spacial score (nSPS) is 13.3. The first kappa shape index (κ1) is 39.6. The summed E-state index contributed by atoms with van der Waals surface area (Å²) in [6.45, 7) is 19.5. The van der Waals surface area contributed by atoms with Crippen molar-refractivity contribution in [3.05, 3.63) is 169 Å². The zero-order valence-electron chi connectivity index (χ0n) is 36.7. The molecule has 0 fully saturated rings. The lowest BCUT2D eigenvalue weighted by Crippen LogP contribution is -2.45. The Hall–Kier alpha value is -6.55. The molecular formula is C55H50N4OSi2. The highest BCUT2D eigenvalue weighted by molar-refractivity contribution is 6.91. The van der Waals surface area contributed by atoms with Crippen molar-refractivity contribution in [1.29, 1.82) is 0 Å². The molecule has 0 saturated carbocycles. The molecule has 62 heavy (non-hydrogen) atoms. The predicted molar refractivity (Wildman–Crippen MR) is 264 cm³/mol. The smallest absolute Gasteiger partial charge is 0.165 e. The van der Waals surface area contributed by atoms with Crippen LogP contribution in [0.5, 0.6) is 0 Å². The number of hydrogen-bond donors (Lipinski definition) is 0. The van der Waals surface area contributed by atoms with Crippen molar-refractivity contribution in [2.24, 2.45) is 0 Å². The van der Waals surface area contributed by atoms with E-state index in [9.17, 15) is 0 Å². The second-order valence-corrected chi connectivity index (χ2v) is 29.5. The summed E-state index contributed by atoms with van der Waals surface area (Å²) in [7, 11) is -3.05. The molecule has 7 heteroatoms. The summed E-state index contributed by atoms with van der Waals surface area (Å²) in [4.78, 5) is 19.9. The summed E-state index contributed by atoms with van der Waals surface area (Å²) in [5.74, 6) is 2.55. The highest BCUT2D eigenvalue weighted by Crippen LogP contribution is 2.50. The molecule has 0 amide bonds. The summed E-state index contributed by atoms with van der Waals surface area (Å²) >= 11 is 0. The highest BCUT2D eigenvalue weighted by atomic mass is 28.3. The molecule has 0 unspecified atom stereocenters. The van der Waals surface area contributed by atoms with Crippen LogP contribution in [0.1, 0.15) is 25.0 Å². The van der Waals surface area contributed by atoms with Crippen molar-refractivity contribution in [3.8, 4) is 78.9 Å². The number of hydrogen-bond acceptors (Lipinski definition) is 5. The Morgan fingerprint density at radius 3 is 1.60 bits per heavy atom. The van der Waals surface area contributed by atoms with Crippen LogP contribution >= 0.6 is 0 Å². The van der Waals surface area contributed by atoms with E-state index in [1.807, 2.05) is 73.1 Å². The Balaban J connectivity index is 1.01. The number of nitrogens with zero attached hydrogens (tertiary/aromatic N) is 4. The van der Waals surface area contributed by atoms with Crippen LogP contribution in [-0.4, -0.2) is 36.1 Å². The third kappa shape index (κ3) is 7.25. The number of pyridine rings is 1. The van der Waals surface area contributed by atoms with E-state index < -0.39 is 16.1 Å². The molecule has 0 aliphatic heterocycles. The van der Waals surface area contributed by atoms with Crippen molar-refractivity contribution < 1.29 is 4.42 Å². The van der Waals surface area contributed by atoms with E-state index in [0.717, 1.165) is 50.1 Å². The minimum Gasteiger partial charge on any atom is -0.456 e. The standard InChI is InChI=1S/C55H50N4OSi2/c1-55(2)48-29-36(41-27-44(61(3,4)5)32-45(28-41)62(6,7)8)21-23-46(48)47-24-22-37(30-49(47)55)42-26-43(34-56-33-42)54-58-52(35-15-10-9-11-16-35)57-53(59-54)40-19-14-18-38(25-40)51-31-39-17-12-13-20-50(39)60-51/h9-34H,1-8H3. The molecule has 3 heterocycles. The molecule has 0 saturated heterocycles. The van der Waals surface area contributed by atoms with Crippen LogP contribution in [0.15, 0.2) is 162 Å². The van der Waals surface area contributed by atoms with E-state index in [1.165, 1.54) is 43.8 Å². The minimum absolute atomic E-state index is 0.190. The van der Waals surface area contributed by atoms with Gasteiger partial charge in [-0.05, 0) is 75.3 Å². The number of furan rings is 1. The van der Waals surface area contributed by atoms with Gasteiger partial charge < -0.3 is 4.42 Å². The van der Waals surface area contributed by atoms with Crippen LogP contribution in [0.3, 0.4) is 0 Å². The Morgan fingerprint density at radius 1 is 0.419 bits per heavy atom. The molecule has 0 spiro atoms. The van der Waals surface area contributed by atoms with Gasteiger partial charge in [0, 0.05) is 51.0 Å². The Bertz CT molecular complexity index is 3130. The van der Waals surface area contributed by atoms with E-state index in [-0.39, 0.29) is 5.41 Å². The number of fused-ring (bicyclic) bond motifs is 4. The summed E-state index contributed by atoms with van der Waals surface area (Å²) in [5, 5.41) is 4.14. The zero-order valence-corrected chi connectivity index (χ0v) is 38.7. The molecule has 3 aromatic heterocycles. The summed E-state index contributed by atoms with van der Waals surface area (Å²) < 4.78 is 6.24. The predicted octanol–water partition coefficient (Wildman–Crippen LogP) is 13.4. The second-order valence-electron chi connectivity index (χ2n) is 19.3. The first-order valence-electron chi connectivity index (χ1n) is 21.5. The number of benzene rings is 6. The molecule has 9 aromatic rings. The molecule has 0 bridgehead atoms. The van der Waals surface area contributed by atoms with E-state index in [2.05, 4.69) is 138 Å². The Kier molecular flexibility index (Phi) is 9.46. The Labute approximate surface area is 366 Å². The van der Waals surface area contributed by atoms with Gasteiger partial charge in [0.15, 0.2) is 17.5 Å². The third-order valence-corrected chi connectivity index (χ3v) is 16.5. The van der Waals surface area contributed by atoms with Crippen molar-refractivity contribution in [2.45, 2.75) is 58.5 Å². The van der Waals surface area contributed by atoms with Crippen LogP contribution < -0.4 is 10.4 Å². The maximum Gasteiger partial charge on any atom is 0.165 e. The molecule has 10 rings (SSSR count). The monoisotopic (exact) mass is 838 g/mol. The first-order chi connectivity index (χ1) is 29.7. The van der Waals surface area contributed by atoms with Crippen molar-refractivity contribution in [3.63, 3.8) is 0 Å². The van der Waals surface area contributed by atoms with E-state index in [0.29, 0.717) is 17.5 Å². The molecule has 6 aromatic carbocycles. The first-order valence-corrected chi connectivity index (χ1v) is 28.5. The van der Waals surface area contributed by atoms with E-state index in [4.69, 9.17) is 24.4 Å². The van der Waals surface area contributed by atoms with Gasteiger partial charge in [-0.2, -0.15) is 0 Å². The molecule has 0 atom stereocenters. The van der Waals surface area contributed by atoms with E-state index >= 15 is 0 Å². The van der Waals surface area contributed by atoms with Crippen molar-refractivity contribution in [1.82, 2.24) is 19.9 Å². The molecule has 304 valence electrons. The Morgan fingerprint density at radius 2 is 0.952 bits per heavy atom. The van der Waals surface area contributed by atoms with Crippen molar-refractivity contribution >= 4 is 37.5 Å². The molecule has 0 radical (unpaired) electrons. The fraction of sp³-hybridized carbons (Fsp3) is 0.164. The van der Waals surface area contributed by atoms with Gasteiger partial charge >= 0.3 is 0 Å². The summed E-state index contributed by atoms with van der Waals surface area (Å²) in [5.41, 5.74) is 14.3. The van der Waals surface area contributed by atoms with Crippen LogP contribution in [0, 0.1) is 0 Å². The lowest BCUT2D eigenvalue weighted by molar-refractivity contribution is 0.631. The maximum atomic E-state index is 6.24.